The van der Waals surface area contributed by atoms with E-state index in [0.29, 0.717) is 12.0 Å². The topological polar surface area (TPSA) is 155 Å². The zero-order chi connectivity index (χ0) is 21.7. The minimum Gasteiger partial charge on any atom is -0.669 e. The van der Waals surface area contributed by atoms with E-state index in [4.69, 9.17) is 16.5 Å². The molecule has 0 saturated carbocycles. The zero-order valence-corrected chi connectivity index (χ0v) is 15.4. The average molecular weight is 403 g/mol. The number of carboxylic acids is 1. The summed E-state index contributed by atoms with van der Waals surface area (Å²) < 4.78 is 19.0. The van der Waals surface area contributed by atoms with E-state index in [2.05, 4.69) is 4.99 Å². The van der Waals surface area contributed by atoms with Crippen molar-refractivity contribution in [3.05, 3.63) is 35.0 Å². The van der Waals surface area contributed by atoms with Crippen LogP contribution in [0.3, 0.4) is 0 Å². The van der Waals surface area contributed by atoms with E-state index < -0.39 is 30.8 Å². The second-order valence-corrected chi connectivity index (χ2v) is 7.25. The van der Waals surface area contributed by atoms with Crippen LogP contribution in [-0.2, 0) is 11.2 Å². The number of fused-ring (bicyclic) bond motifs is 1. The van der Waals surface area contributed by atoms with Crippen LogP contribution >= 0.6 is 0 Å². The van der Waals surface area contributed by atoms with Crippen molar-refractivity contribution in [3.63, 3.8) is 0 Å². The van der Waals surface area contributed by atoms with Gasteiger partial charge in [-0.25, -0.2) is 4.79 Å². The van der Waals surface area contributed by atoms with Gasteiger partial charge in [0.15, 0.2) is 0 Å². The minimum atomic E-state index is -3.13. The molecule has 3 heterocycles. The van der Waals surface area contributed by atoms with Crippen LogP contribution < -0.4 is 15.1 Å². The number of carbonyl (C=O) groups excluding carboxylic acids is 1. The molecule has 1 amide bonds. The fraction of sp³-hybridized carbons (Fsp3) is 0.389. The predicted molar refractivity (Wildman–Crippen MR) is 103 cm³/mol. The number of benzene rings is 1. The molecule has 0 bridgehead atoms. The number of nitrogens with two attached hydrogens (primary N) is 1. The fourth-order valence-corrected chi connectivity index (χ4v) is 3.52. The molecule has 11 heteroatoms. The van der Waals surface area contributed by atoms with Crippen LogP contribution in [0.2, 0.25) is 6.32 Å². The van der Waals surface area contributed by atoms with Gasteiger partial charge in [0, 0.05) is 12.6 Å². The normalized spacial score (nSPS) is 22.5. The molecule has 0 spiro atoms. The van der Waals surface area contributed by atoms with Crippen LogP contribution in [0.25, 0.3) is 0 Å². The lowest BCUT2D eigenvalue weighted by Crippen LogP contribution is -2.60. The second kappa shape index (κ2) is 7.18. The number of allylic oxidation sites excluding steroid dienone is 1. The first-order valence-corrected chi connectivity index (χ1v) is 9.25. The summed E-state index contributed by atoms with van der Waals surface area (Å²) in [5.41, 5.74) is 6.28. The Morgan fingerprint density at radius 1 is 1.41 bits per heavy atom. The van der Waals surface area contributed by atoms with E-state index >= 15 is 0 Å². The van der Waals surface area contributed by atoms with E-state index in [-0.39, 0.29) is 48.6 Å². The molecule has 29 heavy (non-hydrogen) atoms. The third-order valence-corrected chi connectivity index (χ3v) is 5.09. The van der Waals surface area contributed by atoms with Crippen LogP contribution in [0, 0.1) is 0 Å². The first kappa shape index (κ1) is 18.2. The summed E-state index contributed by atoms with van der Waals surface area (Å²) in [6.07, 6.45) is 3.43. The van der Waals surface area contributed by atoms with Gasteiger partial charge in [0.25, 0.3) is 0 Å². The molecule has 3 aliphatic heterocycles. The largest absolute Gasteiger partial charge is 0.669 e. The van der Waals surface area contributed by atoms with E-state index in [0.717, 1.165) is 0 Å². The van der Waals surface area contributed by atoms with Crippen molar-refractivity contribution in [2.24, 2.45) is 10.7 Å². The van der Waals surface area contributed by atoms with Crippen molar-refractivity contribution in [2.45, 2.75) is 31.3 Å². The Bertz CT molecular complexity index is 973. The molecular formula is C18H21BN3O7-. The number of hydrogen-bond donors (Lipinski definition) is 4. The van der Waals surface area contributed by atoms with Crippen molar-refractivity contribution in [2.75, 3.05) is 13.1 Å². The Morgan fingerprint density at radius 3 is 2.83 bits per heavy atom. The van der Waals surface area contributed by atoms with E-state index in [1.165, 1.54) is 11.0 Å². The lowest BCUT2D eigenvalue weighted by molar-refractivity contribution is -0.140. The molecule has 0 aliphatic carbocycles. The van der Waals surface area contributed by atoms with Crippen molar-refractivity contribution < 1.29 is 35.5 Å². The van der Waals surface area contributed by atoms with Crippen LogP contribution in [0.15, 0.2) is 28.9 Å². The summed E-state index contributed by atoms with van der Waals surface area (Å²) in [7, 11) is 0. The summed E-state index contributed by atoms with van der Waals surface area (Å²) in [5, 5.41) is 29.2. The van der Waals surface area contributed by atoms with Crippen molar-refractivity contribution in [1.29, 1.82) is 0 Å². The number of rotatable bonds is 5. The van der Waals surface area contributed by atoms with Crippen LogP contribution in [0.5, 0.6) is 11.5 Å². The van der Waals surface area contributed by atoms with Gasteiger partial charge in [0.2, 0.25) is 5.91 Å². The Labute approximate surface area is 167 Å². The number of aromatic carboxylic acids is 1. The second-order valence-electron chi connectivity index (χ2n) is 7.25. The number of aliphatic imine (C=N–C) groups is 1. The molecule has 10 nitrogen and oxygen atoms in total. The summed E-state index contributed by atoms with van der Waals surface area (Å²) in [6, 6.07) is 1.11. The highest BCUT2D eigenvalue weighted by Crippen LogP contribution is 2.39. The highest BCUT2D eigenvalue weighted by molar-refractivity contribution is 6.59. The third kappa shape index (κ3) is 3.71. The molecule has 0 radical (unpaired) electrons. The van der Waals surface area contributed by atoms with E-state index in [1.807, 2.05) is 0 Å². The standard InChI is InChI=1S/C18H21BN3O7/c20-15(12-2-1-7-21-12)17(23)22-8-11(9-22)28-13-4-3-10-5-6-19(26,27)29-16(10)14(13)18(24)25/h2-4,7,11,15,26-27H,1,5-6,8-9,20H2,(H,24,25)/q-1/i15D. The van der Waals surface area contributed by atoms with Gasteiger partial charge >= 0.3 is 12.7 Å². The first-order chi connectivity index (χ1) is 14.1. The minimum absolute atomic E-state index is 0.000152. The molecule has 1 saturated heterocycles. The Morgan fingerprint density at radius 2 is 2.17 bits per heavy atom. The number of nitrogens with zero attached hydrogens (tertiary/aromatic N) is 2. The van der Waals surface area contributed by atoms with Gasteiger partial charge in [-0.1, -0.05) is 18.5 Å². The van der Waals surface area contributed by atoms with Gasteiger partial charge in [-0.2, -0.15) is 0 Å². The molecule has 1 atom stereocenters. The molecule has 3 aliphatic rings. The van der Waals surface area contributed by atoms with Gasteiger partial charge in [-0.3, -0.25) is 9.79 Å². The zero-order valence-electron chi connectivity index (χ0n) is 16.4. The summed E-state index contributed by atoms with van der Waals surface area (Å²) in [4.78, 5) is 29.7. The highest BCUT2D eigenvalue weighted by Gasteiger charge is 2.38. The molecule has 1 fully saturated rings. The molecule has 1 aromatic rings. The first-order valence-electron chi connectivity index (χ1n) is 9.75. The van der Waals surface area contributed by atoms with Crippen molar-refractivity contribution >= 4 is 24.8 Å². The van der Waals surface area contributed by atoms with E-state index in [9.17, 15) is 24.7 Å². The predicted octanol–water partition coefficient (Wildman–Crippen LogP) is -0.482. The maximum atomic E-state index is 12.5. The SMILES string of the molecule is [2H]C(N)(C(=O)N1CC(Oc2ccc3c(c2C(=O)O)O[B-](O)(O)CC3)C1)C1=CCC=N1. The van der Waals surface area contributed by atoms with Gasteiger partial charge in [-0.05, 0) is 18.1 Å². The number of amides is 1. The quantitative estimate of drug-likeness (QED) is 0.481. The molecule has 5 N–H and O–H groups in total. The van der Waals surface area contributed by atoms with Crippen molar-refractivity contribution in [1.82, 2.24) is 4.90 Å². The van der Waals surface area contributed by atoms with Crippen LogP contribution in [0.4, 0.5) is 0 Å². The molecular weight excluding hydrogens is 381 g/mol. The maximum absolute atomic E-state index is 12.5. The number of carboxylic acid groups (broad SMARTS) is 1. The van der Waals surface area contributed by atoms with Crippen LogP contribution in [-0.4, -0.2) is 70.1 Å². The Hall–Kier alpha value is -2.89. The number of carbonyl (C=O) groups is 2. The number of aryl methyl sites for hydroxylation is 1. The highest BCUT2D eigenvalue weighted by atomic mass is 16.6. The van der Waals surface area contributed by atoms with Gasteiger partial charge in [-0.15, -0.1) is 0 Å². The Kier molecular flexibility index (Phi) is 4.49. The monoisotopic (exact) mass is 403 g/mol. The van der Waals surface area contributed by atoms with Crippen molar-refractivity contribution in [3.8, 4) is 11.5 Å². The van der Waals surface area contributed by atoms with Gasteiger partial charge in [0.05, 0.1) is 25.9 Å². The summed E-state index contributed by atoms with van der Waals surface area (Å²) >= 11 is 0. The summed E-state index contributed by atoms with van der Waals surface area (Å²) in [6.45, 7) is -2.88. The van der Waals surface area contributed by atoms with Crippen LogP contribution in [0.1, 0.15) is 23.7 Å². The Balaban J connectivity index is 1.47. The maximum Gasteiger partial charge on any atom is 0.430 e. The number of ether oxygens (including phenoxy) is 1. The number of likely N-dealkylation sites (tertiary alicyclic amines) is 1. The molecule has 1 unspecified atom stereocenters. The fourth-order valence-electron chi connectivity index (χ4n) is 3.52. The van der Waals surface area contributed by atoms with Gasteiger partial charge < -0.3 is 35.2 Å². The average Bonchev–Trinajstić information content (AvgIpc) is 3.17. The summed E-state index contributed by atoms with van der Waals surface area (Å²) in [5.74, 6) is -2.07. The van der Waals surface area contributed by atoms with E-state index in [1.54, 1.807) is 18.4 Å². The number of hydrogen-bond acceptors (Lipinski definition) is 8. The lowest BCUT2D eigenvalue weighted by Gasteiger charge is -2.41. The third-order valence-electron chi connectivity index (χ3n) is 5.09. The van der Waals surface area contributed by atoms with Gasteiger partial charge in [0.1, 0.15) is 23.4 Å². The molecule has 4 rings (SSSR count). The lowest BCUT2D eigenvalue weighted by atomic mass is 9.70. The molecule has 1 aromatic carbocycles. The molecule has 154 valence electrons. The molecule has 0 aromatic heterocycles. The smallest absolute Gasteiger partial charge is 0.430 e.